The zero-order chi connectivity index (χ0) is 45.1. The standard InChI is InChI=1S/C28H40IN4O2P.C19H25FN4O3/c1-4-33(17-13-20(2)34-22-8-6-5-7-9-22)26-18-21(12-16-31-26)27(30)24-19-23(35-28(3)14-15-28)10-11-25(24)32-36-29;1-21-18(26)16(4-3-11-25)24-12-14-13(19(24)27)5-6-15(17(14)20)23-9-7-22(2)8-10-23/h10-12,16,18-20,22,30,32,36H,4-9,13-15,17H2,1-3H3;5-6,11,16H,3-4,7-10,12H2,1-2H3,(H,21,26). The molecule has 0 radical (unpaired) electrons. The summed E-state index contributed by atoms with van der Waals surface area (Å²) in [5.74, 6) is 0.631. The first-order valence-corrected chi connectivity index (χ1v) is 26.6. The number of ether oxygens (including phenoxy) is 2. The molecule has 2 aliphatic carbocycles. The quantitative estimate of drug-likeness (QED) is 0.0464. The molecule has 3 unspecified atom stereocenters. The van der Waals surface area contributed by atoms with Crippen LogP contribution in [0.4, 0.5) is 21.6 Å². The largest absolute Gasteiger partial charge is 0.488 e. The number of anilines is 3. The van der Waals surface area contributed by atoms with E-state index in [2.05, 4.69) is 68.0 Å². The molecule has 3 aromatic rings. The second-order valence-corrected chi connectivity index (χ2v) is 19.4. The first kappa shape index (κ1) is 48.5. The second kappa shape index (κ2) is 22.8. The highest BCUT2D eigenvalue weighted by atomic mass is 127. The van der Waals surface area contributed by atoms with Crippen molar-refractivity contribution in [3.05, 3.63) is 76.7 Å². The van der Waals surface area contributed by atoms with Crippen LogP contribution < -0.4 is 24.9 Å². The third kappa shape index (κ3) is 12.7. The van der Waals surface area contributed by atoms with Gasteiger partial charge in [0, 0.05) is 93.2 Å². The number of carbonyl (C=O) groups excluding carboxylic acids is 3. The van der Waals surface area contributed by atoms with Gasteiger partial charge in [0.1, 0.15) is 29.5 Å². The fourth-order valence-electron chi connectivity index (χ4n) is 8.51. The van der Waals surface area contributed by atoms with Gasteiger partial charge >= 0.3 is 0 Å². The number of hydrogen-bond donors (Lipinski definition) is 3. The van der Waals surface area contributed by atoms with E-state index in [1.807, 2.05) is 48.5 Å². The molecule has 3 fully saturated rings. The van der Waals surface area contributed by atoms with Crippen molar-refractivity contribution in [1.29, 1.82) is 5.41 Å². The molecule has 3 atom stereocenters. The number of nitrogens with zero attached hydrogens (tertiary/aromatic N) is 5. The highest BCUT2D eigenvalue weighted by Gasteiger charge is 2.40. The van der Waals surface area contributed by atoms with Crippen LogP contribution in [0.3, 0.4) is 0 Å². The summed E-state index contributed by atoms with van der Waals surface area (Å²) >= 11 is 2.32. The van der Waals surface area contributed by atoms with Gasteiger partial charge in [0.25, 0.3) is 5.91 Å². The Balaban J connectivity index is 0.000000219. The molecule has 2 aromatic carbocycles. The van der Waals surface area contributed by atoms with Crippen molar-refractivity contribution in [3.63, 3.8) is 0 Å². The van der Waals surface area contributed by atoms with Crippen LogP contribution in [-0.4, -0.2) is 116 Å². The molecule has 2 saturated carbocycles. The van der Waals surface area contributed by atoms with E-state index in [0.29, 0.717) is 35.0 Å². The van der Waals surface area contributed by atoms with Crippen LogP contribution in [0.25, 0.3) is 0 Å². The van der Waals surface area contributed by atoms with Crippen molar-refractivity contribution in [2.24, 2.45) is 0 Å². The van der Waals surface area contributed by atoms with Gasteiger partial charge in [0.15, 0.2) is 5.82 Å². The van der Waals surface area contributed by atoms with Gasteiger partial charge < -0.3 is 44.3 Å². The number of halogens is 2. The molecule has 7 rings (SSSR count). The smallest absolute Gasteiger partial charge is 0.255 e. The van der Waals surface area contributed by atoms with E-state index in [-0.39, 0.29) is 48.7 Å². The molecule has 342 valence electrons. The Labute approximate surface area is 387 Å². The lowest BCUT2D eigenvalue weighted by Crippen LogP contribution is -2.46. The van der Waals surface area contributed by atoms with E-state index in [1.54, 1.807) is 12.1 Å². The highest BCUT2D eigenvalue weighted by molar-refractivity contribution is 14.2. The number of fused-ring (bicyclic) bond motifs is 1. The van der Waals surface area contributed by atoms with Crippen LogP contribution in [0.15, 0.2) is 48.7 Å². The average molecular weight is 999 g/mol. The molecule has 3 heterocycles. The SMILES string of the molecule is CCN(CCC(C)OC1CCCCC1)c1cc(C(=N)c2cc(OC3(C)CC3)ccc2NPI)ccn1.CNC(=O)C(CCC=O)N1Cc2c(ccc(N3CCN(C)CC3)c2F)C1=O. The van der Waals surface area contributed by atoms with E-state index < -0.39 is 6.04 Å². The molecule has 3 N–H and O–H groups in total. The Morgan fingerprint density at radius 2 is 1.86 bits per heavy atom. The normalized spacial score (nSPS) is 18.3. The lowest BCUT2D eigenvalue weighted by atomic mass is 9.97. The number of pyridine rings is 1. The third-order valence-electron chi connectivity index (χ3n) is 12.7. The highest BCUT2D eigenvalue weighted by Crippen LogP contribution is 2.41. The molecule has 2 aliphatic heterocycles. The molecular weight excluding hydrogens is 933 g/mol. The number of rotatable bonds is 19. The number of likely N-dealkylation sites (N-methyl/N-ethyl adjacent to an activating group) is 2. The van der Waals surface area contributed by atoms with Crippen LogP contribution in [-0.2, 0) is 20.9 Å². The molecule has 1 saturated heterocycles. The molecular formula is C47H65FIN8O5P. The van der Waals surface area contributed by atoms with E-state index in [0.717, 1.165) is 93.2 Å². The molecule has 16 heteroatoms. The van der Waals surface area contributed by atoms with E-state index in [4.69, 9.17) is 14.9 Å². The molecule has 1 aromatic heterocycles. The molecule has 4 aliphatic rings. The monoisotopic (exact) mass is 998 g/mol. The van der Waals surface area contributed by atoms with Crippen LogP contribution in [0.2, 0.25) is 0 Å². The van der Waals surface area contributed by atoms with Crippen LogP contribution in [0.5, 0.6) is 5.75 Å². The minimum Gasteiger partial charge on any atom is -0.488 e. The maximum atomic E-state index is 15.2. The summed E-state index contributed by atoms with van der Waals surface area (Å²) in [6.45, 7) is 11.5. The number of piperazine rings is 1. The van der Waals surface area contributed by atoms with Gasteiger partial charge in [0.05, 0.1) is 30.2 Å². The molecule has 13 nitrogen and oxygen atoms in total. The first-order valence-electron chi connectivity index (χ1n) is 22.5. The van der Waals surface area contributed by atoms with Gasteiger partial charge in [-0.2, -0.15) is 0 Å². The van der Waals surface area contributed by atoms with Crippen molar-refractivity contribution in [3.8, 4) is 5.75 Å². The maximum absolute atomic E-state index is 15.2. The Morgan fingerprint density at radius 1 is 1.11 bits per heavy atom. The molecule has 0 spiro atoms. The van der Waals surface area contributed by atoms with Gasteiger partial charge in [0.2, 0.25) is 5.91 Å². The van der Waals surface area contributed by atoms with Crippen molar-refractivity contribution in [2.75, 3.05) is 68.3 Å². The van der Waals surface area contributed by atoms with Gasteiger partial charge in [-0.1, -0.05) is 19.3 Å². The van der Waals surface area contributed by atoms with Crippen LogP contribution in [0, 0.1) is 11.2 Å². The zero-order valence-electron chi connectivity index (χ0n) is 37.5. The van der Waals surface area contributed by atoms with Gasteiger partial charge in [-0.25, -0.2) is 9.37 Å². The van der Waals surface area contributed by atoms with Crippen molar-refractivity contribution in [1.82, 2.24) is 20.1 Å². The summed E-state index contributed by atoms with van der Waals surface area (Å²) in [5, 5.41) is 15.0. The van der Waals surface area contributed by atoms with Crippen molar-refractivity contribution in [2.45, 2.75) is 115 Å². The minimum absolute atomic E-state index is 0.0402. The number of amides is 2. The van der Waals surface area contributed by atoms with Gasteiger partial charge in [-0.05, 0) is 131 Å². The molecule has 2 amide bonds. The topological polar surface area (TPSA) is 143 Å². The van der Waals surface area contributed by atoms with E-state index in [1.165, 1.54) is 44.1 Å². The number of benzene rings is 2. The summed E-state index contributed by atoms with van der Waals surface area (Å²) in [7, 11) is 3.52. The fourth-order valence-corrected chi connectivity index (χ4v) is 9.71. The Kier molecular flexibility index (Phi) is 17.6. The van der Waals surface area contributed by atoms with E-state index >= 15 is 4.39 Å². The van der Waals surface area contributed by atoms with Crippen molar-refractivity contribution < 1.29 is 28.2 Å². The Morgan fingerprint density at radius 3 is 2.52 bits per heavy atom. The third-order valence-corrected chi connectivity index (χ3v) is 13.8. The maximum Gasteiger partial charge on any atom is 0.255 e. The average Bonchev–Trinajstić information content (AvgIpc) is 3.93. The summed E-state index contributed by atoms with van der Waals surface area (Å²) in [6.07, 6.45) is 13.6. The molecule has 63 heavy (non-hydrogen) atoms. The second-order valence-electron chi connectivity index (χ2n) is 17.4. The predicted octanol–water partition coefficient (Wildman–Crippen LogP) is 8.37. The lowest BCUT2D eigenvalue weighted by molar-refractivity contribution is -0.125. The summed E-state index contributed by atoms with van der Waals surface area (Å²) in [5.41, 5.74) is 4.23. The molecule has 0 bridgehead atoms. The van der Waals surface area contributed by atoms with Crippen LogP contribution >= 0.6 is 28.4 Å². The van der Waals surface area contributed by atoms with E-state index in [9.17, 15) is 14.4 Å². The Bertz CT molecular complexity index is 2060. The van der Waals surface area contributed by atoms with Crippen molar-refractivity contribution >= 4 is 69.4 Å². The zero-order valence-corrected chi connectivity index (χ0v) is 40.6. The van der Waals surface area contributed by atoms with Gasteiger partial charge in [-0.3, -0.25) is 15.0 Å². The summed E-state index contributed by atoms with van der Waals surface area (Å²) in [6, 6.07) is 12.5. The number of hydrogen-bond acceptors (Lipinski definition) is 11. The van der Waals surface area contributed by atoms with Crippen LogP contribution in [0.1, 0.15) is 112 Å². The summed E-state index contributed by atoms with van der Waals surface area (Å²) in [4.78, 5) is 48.2. The minimum atomic E-state index is -0.786. The predicted molar refractivity (Wildman–Crippen MR) is 260 cm³/mol. The summed E-state index contributed by atoms with van der Waals surface area (Å²) < 4.78 is 27.7. The van der Waals surface area contributed by atoms with Gasteiger partial charge in [-0.15, -0.1) is 0 Å². The number of aromatic nitrogens is 1. The number of aldehydes is 1. The lowest BCUT2D eigenvalue weighted by Gasteiger charge is -2.34. The fraction of sp³-hybridized carbons (Fsp3) is 0.553. The number of nitrogens with one attached hydrogen (secondary N) is 3. The first-order chi connectivity index (χ1) is 30.4. The number of carbonyl (C=O) groups is 3. The Hall–Kier alpha value is -3.92.